The van der Waals surface area contributed by atoms with Gasteiger partial charge in [0, 0.05) is 16.4 Å². The third kappa shape index (κ3) is 3.23. The number of anilines is 1. The van der Waals surface area contributed by atoms with Crippen LogP contribution in [0.5, 0.6) is 0 Å². The Labute approximate surface area is 133 Å². The SMILES string of the molecule is Cc1[nH]c(C(=O)Nc2ccc(F)c(Cl)c2F)cc1S(=O)(=O)Cl. The summed E-state index contributed by atoms with van der Waals surface area (Å²) in [6.45, 7) is 1.40. The first-order valence-corrected chi connectivity index (χ1v) is 8.39. The number of carbonyl (C=O) groups excluding carboxylic acids is 1. The fourth-order valence-corrected chi connectivity index (χ4v) is 3.05. The van der Waals surface area contributed by atoms with E-state index in [0.717, 1.165) is 18.2 Å². The minimum Gasteiger partial charge on any atom is -0.353 e. The topological polar surface area (TPSA) is 79.0 Å². The normalized spacial score (nSPS) is 11.5. The fraction of sp³-hybridized carbons (Fsp3) is 0.0833. The van der Waals surface area contributed by atoms with Crippen LogP contribution < -0.4 is 5.32 Å². The Bertz CT molecular complexity index is 865. The maximum atomic E-state index is 13.7. The first-order valence-electron chi connectivity index (χ1n) is 5.70. The zero-order valence-corrected chi connectivity index (χ0v) is 13.2. The lowest BCUT2D eigenvalue weighted by Crippen LogP contribution is -2.13. The fourth-order valence-electron chi connectivity index (χ4n) is 1.73. The van der Waals surface area contributed by atoms with Crippen LogP contribution in [-0.2, 0) is 9.05 Å². The number of hydrogen-bond acceptors (Lipinski definition) is 3. The zero-order valence-electron chi connectivity index (χ0n) is 10.9. The van der Waals surface area contributed by atoms with E-state index in [0.29, 0.717) is 0 Å². The number of aromatic nitrogens is 1. The lowest BCUT2D eigenvalue weighted by Gasteiger charge is -2.06. The van der Waals surface area contributed by atoms with Gasteiger partial charge in [-0.1, -0.05) is 11.6 Å². The Hall–Kier alpha value is -1.64. The van der Waals surface area contributed by atoms with Gasteiger partial charge in [-0.3, -0.25) is 4.79 Å². The molecule has 1 aromatic carbocycles. The molecule has 0 atom stereocenters. The summed E-state index contributed by atoms with van der Waals surface area (Å²) in [5, 5.41) is 1.39. The van der Waals surface area contributed by atoms with Crippen LogP contribution in [-0.4, -0.2) is 19.3 Å². The van der Waals surface area contributed by atoms with E-state index >= 15 is 0 Å². The van der Waals surface area contributed by atoms with Crippen molar-refractivity contribution in [2.24, 2.45) is 0 Å². The number of nitrogens with one attached hydrogen (secondary N) is 2. The van der Waals surface area contributed by atoms with E-state index in [1.165, 1.54) is 6.92 Å². The predicted octanol–water partition coefficient (Wildman–Crippen LogP) is 3.43. The third-order valence-electron chi connectivity index (χ3n) is 2.76. The molecule has 0 aliphatic carbocycles. The number of halogens is 4. The van der Waals surface area contributed by atoms with Gasteiger partial charge in [0.25, 0.3) is 15.0 Å². The molecule has 0 spiro atoms. The summed E-state index contributed by atoms with van der Waals surface area (Å²) < 4.78 is 49.3. The third-order valence-corrected chi connectivity index (χ3v) is 4.55. The standard InChI is InChI=1S/C12H8Cl2F2N2O3S/c1-5-9(22(14,20)21)4-8(17-5)12(19)18-7-3-2-6(15)10(13)11(7)16/h2-4,17H,1H3,(H,18,19). The molecule has 0 fully saturated rings. The van der Waals surface area contributed by atoms with Crippen LogP contribution in [0.4, 0.5) is 14.5 Å². The predicted molar refractivity (Wildman–Crippen MR) is 77.9 cm³/mol. The van der Waals surface area contributed by atoms with Crippen LogP contribution in [0.2, 0.25) is 5.02 Å². The van der Waals surface area contributed by atoms with Crippen LogP contribution in [0.1, 0.15) is 16.2 Å². The van der Waals surface area contributed by atoms with Crippen LogP contribution in [0.25, 0.3) is 0 Å². The van der Waals surface area contributed by atoms with Crippen molar-refractivity contribution >= 4 is 42.9 Å². The second-order valence-corrected chi connectivity index (χ2v) is 7.20. The lowest BCUT2D eigenvalue weighted by molar-refractivity contribution is 0.102. The number of rotatable bonds is 3. The van der Waals surface area contributed by atoms with Crippen molar-refractivity contribution in [1.29, 1.82) is 0 Å². The maximum absolute atomic E-state index is 13.7. The van der Waals surface area contributed by atoms with Crippen molar-refractivity contribution < 1.29 is 22.0 Å². The van der Waals surface area contributed by atoms with Crippen molar-refractivity contribution in [3.05, 3.63) is 46.2 Å². The summed E-state index contributed by atoms with van der Waals surface area (Å²) in [7, 11) is 1.18. The van der Waals surface area contributed by atoms with E-state index in [2.05, 4.69) is 10.3 Å². The average molecular weight is 369 g/mol. The second-order valence-electron chi connectivity index (χ2n) is 4.29. The molecule has 0 bridgehead atoms. The van der Waals surface area contributed by atoms with Crippen LogP contribution in [0.15, 0.2) is 23.1 Å². The molecule has 0 aliphatic heterocycles. The molecule has 10 heteroatoms. The number of H-pyrrole nitrogens is 1. The van der Waals surface area contributed by atoms with Gasteiger partial charge in [0.05, 0.1) is 5.69 Å². The molecule has 2 rings (SSSR count). The van der Waals surface area contributed by atoms with Crippen LogP contribution in [0, 0.1) is 18.6 Å². The molecular formula is C12H8Cl2F2N2O3S. The number of amides is 1. The summed E-state index contributed by atoms with van der Waals surface area (Å²) in [6.07, 6.45) is 0. The van der Waals surface area contributed by atoms with Crippen molar-refractivity contribution in [3.8, 4) is 0 Å². The van der Waals surface area contributed by atoms with Crippen LogP contribution in [0.3, 0.4) is 0 Å². The Morgan fingerprint density at radius 2 is 1.95 bits per heavy atom. The molecule has 2 N–H and O–H groups in total. The monoisotopic (exact) mass is 368 g/mol. The molecule has 0 radical (unpaired) electrons. The molecular weight excluding hydrogens is 361 g/mol. The second kappa shape index (κ2) is 5.86. The number of aryl methyl sites for hydroxylation is 1. The van der Waals surface area contributed by atoms with Gasteiger partial charge in [-0.2, -0.15) is 0 Å². The molecule has 0 aliphatic rings. The minimum atomic E-state index is -4.02. The smallest absolute Gasteiger partial charge is 0.272 e. The van der Waals surface area contributed by atoms with E-state index in [-0.39, 0.29) is 22.0 Å². The highest BCUT2D eigenvalue weighted by molar-refractivity contribution is 8.13. The number of benzene rings is 1. The number of hydrogen-bond donors (Lipinski definition) is 2. The van der Waals surface area contributed by atoms with Crippen molar-refractivity contribution in [1.82, 2.24) is 4.98 Å². The van der Waals surface area contributed by atoms with E-state index in [1.54, 1.807) is 0 Å². The van der Waals surface area contributed by atoms with Gasteiger partial charge in [0.2, 0.25) is 0 Å². The van der Waals surface area contributed by atoms with Gasteiger partial charge < -0.3 is 10.3 Å². The first kappa shape index (κ1) is 16.7. The van der Waals surface area contributed by atoms with Crippen LogP contribution >= 0.6 is 22.3 Å². The molecule has 0 saturated heterocycles. The van der Waals surface area contributed by atoms with E-state index < -0.39 is 31.6 Å². The molecule has 0 unspecified atom stereocenters. The highest BCUT2D eigenvalue weighted by atomic mass is 35.7. The molecule has 2 aromatic rings. The summed E-state index contributed by atoms with van der Waals surface area (Å²) >= 11 is 5.40. The summed E-state index contributed by atoms with van der Waals surface area (Å²) in [5.74, 6) is -2.94. The Morgan fingerprint density at radius 1 is 1.32 bits per heavy atom. The summed E-state index contributed by atoms with van der Waals surface area (Å²) in [5.41, 5.74) is -0.353. The van der Waals surface area contributed by atoms with Crippen molar-refractivity contribution in [2.45, 2.75) is 11.8 Å². The molecule has 1 heterocycles. The van der Waals surface area contributed by atoms with Gasteiger partial charge >= 0.3 is 0 Å². The Kier molecular flexibility index (Phi) is 4.46. The molecule has 5 nitrogen and oxygen atoms in total. The van der Waals surface area contributed by atoms with Gasteiger partial charge in [0.1, 0.15) is 21.4 Å². The average Bonchev–Trinajstić information content (AvgIpc) is 2.81. The highest BCUT2D eigenvalue weighted by Gasteiger charge is 2.21. The molecule has 118 valence electrons. The van der Waals surface area contributed by atoms with E-state index in [4.69, 9.17) is 22.3 Å². The Balaban J connectivity index is 2.33. The zero-order chi connectivity index (χ0) is 16.7. The van der Waals surface area contributed by atoms with Gasteiger partial charge in [-0.05, 0) is 25.1 Å². The number of carbonyl (C=O) groups is 1. The van der Waals surface area contributed by atoms with Gasteiger partial charge in [-0.25, -0.2) is 17.2 Å². The molecule has 22 heavy (non-hydrogen) atoms. The lowest BCUT2D eigenvalue weighted by atomic mass is 10.3. The molecule has 0 saturated carbocycles. The minimum absolute atomic E-state index is 0.151. The highest BCUT2D eigenvalue weighted by Crippen LogP contribution is 2.26. The van der Waals surface area contributed by atoms with E-state index in [1.807, 2.05) is 0 Å². The largest absolute Gasteiger partial charge is 0.353 e. The molecule has 1 amide bonds. The van der Waals surface area contributed by atoms with Crippen molar-refractivity contribution in [3.63, 3.8) is 0 Å². The first-order chi connectivity index (χ1) is 10.1. The van der Waals surface area contributed by atoms with Crippen molar-refractivity contribution in [2.75, 3.05) is 5.32 Å². The summed E-state index contributed by atoms with van der Waals surface area (Å²) in [4.78, 5) is 14.2. The van der Waals surface area contributed by atoms with E-state index in [9.17, 15) is 22.0 Å². The maximum Gasteiger partial charge on any atom is 0.272 e. The number of aromatic amines is 1. The Morgan fingerprint density at radius 3 is 2.50 bits per heavy atom. The van der Waals surface area contributed by atoms with Gasteiger partial charge in [-0.15, -0.1) is 0 Å². The molecule has 1 aromatic heterocycles. The quantitative estimate of drug-likeness (QED) is 0.643. The summed E-state index contributed by atoms with van der Waals surface area (Å²) in [6, 6.07) is 2.88. The van der Waals surface area contributed by atoms with Gasteiger partial charge in [0.15, 0.2) is 5.82 Å².